The zero-order valence-electron chi connectivity index (χ0n) is 16.8. The molecule has 30 heavy (non-hydrogen) atoms. The van der Waals surface area contributed by atoms with Crippen molar-refractivity contribution in [3.05, 3.63) is 28.2 Å². The molecule has 0 saturated heterocycles. The van der Waals surface area contributed by atoms with E-state index in [1.54, 1.807) is 18.2 Å². The SMILES string of the molecule is O=C(CCCOc1ccc(Cl)cc1Cl)NNC(=O)CCNC(=O)NC1CCCCC1. The van der Waals surface area contributed by atoms with Crippen molar-refractivity contribution in [1.82, 2.24) is 21.5 Å². The van der Waals surface area contributed by atoms with Crippen LogP contribution < -0.4 is 26.2 Å². The highest BCUT2D eigenvalue weighted by Crippen LogP contribution is 2.27. The standard InChI is InChI=1S/C20H28Cl2N4O4/c21-14-8-9-17(16(22)13-14)30-12-4-7-18(27)25-26-19(28)10-11-23-20(29)24-15-5-2-1-3-6-15/h8-9,13,15H,1-7,10-12H2,(H,25,27)(H,26,28)(H2,23,24,29). The highest BCUT2D eigenvalue weighted by atomic mass is 35.5. The monoisotopic (exact) mass is 458 g/mol. The lowest BCUT2D eigenvalue weighted by molar-refractivity contribution is -0.128. The Balaban J connectivity index is 1.49. The van der Waals surface area contributed by atoms with Crippen LogP contribution in [0.2, 0.25) is 10.0 Å². The van der Waals surface area contributed by atoms with Crippen molar-refractivity contribution in [3.63, 3.8) is 0 Å². The van der Waals surface area contributed by atoms with E-state index >= 15 is 0 Å². The topological polar surface area (TPSA) is 109 Å². The van der Waals surface area contributed by atoms with Gasteiger partial charge in [0, 0.05) is 30.5 Å². The molecule has 0 radical (unpaired) electrons. The van der Waals surface area contributed by atoms with E-state index in [9.17, 15) is 14.4 Å². The van der Waals surface area contributed by atoms with Crippen LogP contribution in [0.1, 0.15) is 51.4 Å². The molecule has 1 aliphatic carbocycles. The number of amides is 4. The number of carbonyl (C=O) groups excluding carboxylic acids is 3. The highest BCUT2D eigenvalue weighted by Gasteiger charge is 2.15. The van der Waals surface area contributed by atoms with Gasteiger partial charge in [0.25, 0.3) is 0 Å². The predicted octanol–water partition coefficient (Wildman–Crippen LogP) is 3.32. The average Bonchev–Trinajstić information content (AvgIpc) is 2.71. The molecule has 0 aliphatic heterocycles. The van der Waals surface area contributed by atoms with Crippen molar-refractivity contribution in [2.45, 2.75) is 57.4 Å². The van der Waals surface area contributed by atoms with Crippen molar-refractivity contribution < 1.29 is 19.1 Å². The number of hydrazine groups is 1. The van der Waals surface area contributed by atoms with E-state index in [4.69, 9.17) is 27.9 Å². The van der Waals surface area contributed by atoms with Gasteiger partial charge in [-0.25, -0.2) is 4.79 Å². The van der Waals surface area contributed by atoms with Gasteiger partial charge in [-0.05, 0) is 37.5 Å². The summed E-state index contributed by atoms with van der Waals surface area (Å²) in [6, 6.07) is 4.86. The van der Waals surface area contributed by atoms with E-state index in [1.807, 2.05) is 0 Å². The first-order valence-corrected chi connectivity index (χ1v) is 10.9. The van der Waals surface area contributed by atoms with E-state index in [1.165, 1.54) is 6.42 Å². The summed E-state index contributed by atoms with van der Waals surface area (Å²) in [5, 5.41) is 6.49. The van der Waals surface area contributed by atoms with Crippen molar-refractivity contribution in [3.8, 4) is 5.75 Å². The zero-order valence-corrected chi connectivity index (χ0v) is 18.3. The van der Waals surface area contributed by atoms with E-state index in [2.05, 4.69) is 21.5 Å². The molecular weight excluding hydrogens is 431 g/mol. The largest absolute Gasteiger partial charge is 0.492 e. The van der Waals surface area contributed by atoms with Crippen LogP contribution in [-0.2, 0) is 9.59 Å². The average molecular weight is 459 g/mol. The van der Waals surface area contributed by atoms with E-state index < -0.39 is 0 Å². The number of hydrogen-bond donors (Lipinski definition) is 4. The second-order valence-corrected chi connectivity index (χ2v) is 7.95. The van der Waals surface area contributed by atoms with Gasteiger partial charge in [0.1, 0.15) is 5.75 Å². The maximum Gasteiger partial charge on any atom is 0.315 e. The zero-order chi connectivity index (χ0) is 21.8. The molecule has 1 saturated carbocycles. The molecule has 0 atom stereocenters. The fraction of sp³-hybridized carbons (Fsp3) is 0.550. The molecule has 166 valence electrons. The molecule has 0 unspecified atom stereocenters. The van der Waals surface area contributed by atoms with Crippen LogP contribution in [0.25, 0.3) is 0 Å². The molecule has 0 bridgehead atoms. The summed E-state index contributed by atoms with van der Waals surface area (Å²) in [4.78, 5) is 35.3. The first-order chi connectivity index (χ1) is 14.4. The normalized spacial score (nSPS) is 13.9. The van der Waals surface area contributed by atoms with Crippen LogP contribution in [0.4, 0.5) is 4.79 Å². The lowest BCUT2D eigenvalue weighted by Crippen LogP contribution is -2.45. The van der Waals surface area contributed by atoms with E-state index in [-0.39, 0.29) is 43.3 Å². The van der Waals surface area contributed by atoms with Gasteiger partial charge in [0.2, 0.25) is 11.8 Å². The minimum absolute atomic E-state index is 0.0660. The number of hydrogen-bond acceptors (Lipinski definition) is 4. The van der Waals surface area contributed by atoms with Gasteiger partial charge in [-0.2, -0.15) is 0 Å². The molecule has 0 spiro atoms. The number of rotatable bonds is 9. The number of halogens is 2. The van der Waals surface area contributed by atoms with Crippen molar-refractivity contribution >= 4 is 41.0 Å². The highest BCUT2D eigenvalue weighted by molar-refractivity contribution is 6.35. The maximum atomic E-state index is 11.8. The Bertz CT molecular complexity index is 727. The van der Waals surface area contributed by atoms with Crippen LogP contribution in [0.5, 0.6) is 5.75 Å². The number of ether oxygens (including phenoxy) is 1. The van der Waals surface area contributed by atoms with Gasteiger partial charge in [-0.15, -0.1) is 0 Å². The maximum absolute atomic E-state index is 11.8. The molecule has 8 nitrogen and oxygen atoms in total. The Morgan fingerprint density at radius 1 is 1.00 bits per heavy atom. The van der Waals surface area contributed by atoms with Crippen LogP contribution in [0.15, 0.2) is 18.2 Å². The van der Waals surface area contributed by atoms with Crippen LogP contribution in [0, 0.1) is 0 Å². The molecule has 2 rings (SSSR count). The molecule has 4 amide bonds. The predicted molar refractivity (Wildman–Crippen MR) is 116 cm³/mol. The molecule has 0 aromatic heterocycles. The van der Waals surface area contributed by atoms with Crippen LogP contribution >= 0.6 is 23.2 Å². The lowest BCUT2D eigenvalue weighted by Gasteiger charge is -2.22. The molecule has 0 heterocycles. The van der Waals surface area contributed by atoms with Gasteiger partial charge in [0.15, 0.2) is 0 Å². The van der Waals surface area contributed by atoms with Gasteiger partial charge in [-0.1, -0.05) is 42.5 Å². The Kier molecular flexibility index (Phi) is 10.6. The summed E-state index contributed by atoms with van der Waals surface area (Å²) in [5.74, 6) is -0.225. The fourth-order valence-electron chi connectivity index (χ4n) is 3.04. The summed E-state index contributed by atoms with van der Waals surface area (Å²) in [6.45, 7) is 0.485. The number of carbonyl (C=O) groups is 3. The van der Waals surface area contributed by atoms with Gasteiger partial charge in [0.05, 0.1) is 11.6 Å². The molecule has 10 heteroatoms. The Labute approximate surface area is 186 Å². The van der Waals surface area contributed by atoms with Gasteiger partial charge in [-0.3, -0.25) is 20.4 Å². The van der Waals surface area contributed by atoms with Crippen LogP contribution in [-0.4, -0.2) is 37.0 Å². The van der Waals surface area contributed by atoms with E-state index in [0.29, 0.717) is 28.8 Å². The summed E-state index contributed by atoms with van der Waals surface area (Å²) in [7, 11) is 0. The molecule has 4 N–H and O–H groups in total. The van der Waals surface area contributed by atoms with Crippen molar-refractivity contribution in [2.24, 2.45) is 0 Å². The molecular formula is C20H28Cl2N4O4. The van der Waals surface area contributed by atoms with Crippen molar-refractivity contribution in [1.29, 1.82) is 0 Å². The smallest absolute Gasteiger partial charge is 0.315 e. The minimum Gasteiger partial charge on any atom is -0.492 e. The number of nitrogens with one attached hydrogen (secondary N) is 4. The lowest BCUT2D eigenvalue weighted by atomic mass is 9.96. The third-order valence-electron chi connectivity index (χ3n) is 4.62. The van der Waals surface area contributed by atoms with Gasteiger partial charge < -0.3 is 15.4 Å². The quantitative estimate of drug-likeness (QED) is 0.336. The summed E-state index contributed by atoms with van der Waals surface area (Å²) in [6.07, 6.45) is 6.17. The second kappa shape index (κ2) is 13.2. The summed E-state index contributed by atoms with van der Waals surface area (Å²) >= 11 is 11.8. The molecule has 1 aliphatic rings. The van der Waals surface area contributed by atoms with Gasteiger partial charge >= 0.3 is 6.03 Å². The molecule has 1 fully saturated rings. The first-order valence-electron chi connectivity index (χ1n) is 10.1. The summed E-state index contributed by atoms with van der Waals surface area (Å²) in [5.41, 5.74) is 4.66. The van der Waals surface area contributed by atoms with Crippen LogP contribution in [0.3, 0.4) is 0 Å². The Morgan fingerprint density at radius 3 is 2.40 bits per heavy atom. The third kappa shape index (κ3) is 9.54. The van der Waals surface area contributed by atoms with E-state index in [0.717, 1.165) is 25.7 Å². The minimum atomic E-state index is -0.384. The second-order valence-electron chi connectivity index (χ2n) is 7.11. The molecule has 1 aromatic rings. The third-order valence-corrected chi connectivity index (χ3v) is 5.15. The number of urea groups is 1. The van der Waals surface area contributed by atoms with Crippen molar-refractivity contribution in [2.75, 3.05) is 13.2 Å². The molecule has 1 aromatic carbocycles. The fourth-order valence-corrected chi connectivity index (χ4v) is 3.51. The number of benzene rings is 1. The first kappa shape index (κ1) is 24.1. The Morgan fingerprint density at radius 2 is 1.70 bits per heavy atom. The summed E-state index contributed by atoms with van der Waals surface area (Å²) < 4.78 is 5.49. The Hall–Kier alpha value is -2.19.